The van der Waals surface area contributed by atoms with Gasteiger partial charge in [-0.25, -0.2) is 0 Å². The molecule has 0 amide bonds. The number of fused-ring (bicyclic) bond motifs is 12. The van der Waals surface area contributed by atoms with Crippen LogP contribution >= 0.6 is 0 Å². The SMILES string of the molecule is CCCCCCCCCCCCCCCCCC[N+]12CC[N+](CCCCCC[N+]34CC[N+](CCCCCC[N+]56CC[N+](CCCCCC[N+]78CC[N+](CCCCCCCCCCCCCCCCCC)(CC7)CC8)(CC5)CC6)(CC3)CC4)(CC1)CC2. The molecule has 12 aliphatic rings. The van der Waals surface area contributed by atoms with Gasteiger partial charge in [-0.05, 0) is 103 Å². The summed E-state index contributed by atoms with van der Waals surface area (Å²) in [7, 11) is 0. The van der Waals surface area contributed by atoms with Crippen LogP contribution in [0.4, 0.5) is 0 Å². The minimum absolute atomic E-state index is 1.37. The molecule has 0 aromatic rings. The fraction of sp³-hybridized carbons (Fsp3) is 1.00. The molecule has 502 valence electrons. The summed E-state index contributed by atoms with van der Waals surface area (Å²) in [6.07, 6.45) is 65.4. The van der Waals surface area contributed by atoms with Crippen LogP contribution in [0, 0.1) is 0 Å². The molecule has 0 spiro atoms. The Labute approximate surface area is 539 Å². The van der Waals surface area contributed by atoms with E-state index < -0.39 is 0 Å². The van der Waals surface area contributed by atoms with E-state index in [1.54, 1.807) is 0 Å². The number of hydrogen-bond acceptors (Lipinski definition) is 0. The average molecular weight is 1210 g/mol. The highest BCUT2D eigenvalue weighted by Crippen LogP contribution is 2.33. The number of unbranched alkanes of at least 4 members (excludes halogenated alkanes) is 39. The summed E-state index contributed by atoms with van der Waals surface area (Å²) in [4.78, 5) is 0. The lowest BCUT2D eigenvalue weighted by Crippen LogP contribution is -2.75. The molecular formula is C78H158N8+8. The second kappa shape index (κ2) is 38.8. The lowest BCUT2D eigenvalue weighted by atomic mass is 10.0. The maximum atomic E-state index is 2.32. The Morgan fingerprint density at radius 3 is 0.291 bits per heavy atom. The normalized spacial score (nSPS) is 31.9. The third-order valence-corrected chi connectivity index (χ3v) is 27.6. The molecular weight excluding hydrogens is 1050 g/mol. The van der Waals surface area contributed by atoms with E-state index in [2.05, 4.69) is 13.8 Å². The molecule has 12 aliphatic heterocycles. The second-order valence-electron chi connectivity index (χ2n) is 33.7. The first kappa shape index (κ1) is 71.5. The van der Waals surface area contributed by atoms with Gasteiger partial charge in [0, 0.05) is 0 Å². The highest BCUT2D eigenvalue weighted by atomic mass is 15.6. The van der Waals surface area contributed by atoms with Gasteiger partial charge in [0.2, 0.25) is 0 Å². The van der Waals surface area contributed by atoms with Crippen LogP contribution in [0.5, 0.6) is 0 Å². The first-order chi connectivity index (χ1) is 42.2. The Morgan fingerprint density at radius 2 is 0.198 bits per heavy atom. The molecule has 8 nitrogen and oxygen atoms in total. The Kier molecular flexibility index (Phi) is 32.2. The standard InChI is InChI=1S/C78H158N8/c1-3-5-7-9-11-13-15-17-19-21-23-25-27-29-31-39-47-79-55-61-81(62-56-79,63-57-79)49-41-33-35-43-51-83-67-73-85(74-68-83,75-69-83)53-45-37-38-46-54-86-76-70-84(71-77-86,72-78-86)52-44-36-34-42-50-82-64-58-80(59-65-82,60-66-82)48-40-32-30-28-26-24-22-20-18-16-14-12-10-8-6-4-2/h3-78H2,1-2H3/q+8. The molecule has 86 heavy (non-hydrogen) atoms. The van der Waals surface area contributed by atoms with Crippen LogP contribution in [0.2, 0.25) is 0 Å². The molecule has 0 unspecified atom stereocenters. The van der Waals surface area contributed by atoms with E-state index in [0.717, 1.165) is 0 Å². The topological polar surface area (TPSA) is 0 Å². The van der Waals surface area contributed by atoms with Crippen LogP contribution < -0.4 is 0 Å². The summed E-state index contributed by atoms with van der Waals surface area (Å²) >= 11 is 0. The van der Waals surface area contributed by atoms with E-state index >= 15 is 0 Å². The van der Waals surface area contributed by atoms with Gasteiger partial charge in [-0.2, -0.15) is 0 Å². The molecule has 8 heteroatoms. The van der Waals surface area contributed by atoms with Crippen molar-refractivity contribution in [3.8, 4) is 0 Å². The molecule has 0 atom stereocenters. The number of piperazine rings is 12. The average Bonchev–Trinajstić information content (AvgIpc) is 2.08. The molecule has 12 heterocycles. The van der Waals surface area contributed by atoms with Crippen LogP contribution in [0.3, 0.4) is 0 Å². The van der Waals surface area contributed by atoms with Crippen molar-refractivity contribution in [2.45, 2.75) is 296 Å². The summed E-state index contributed by atoms with van der Waals surface area (Å²) in [5, 5.41) is 0. The third kappa shape index (κ3) is 23.9. The van der Waals surface area contributed by atoms with Crippen molar-refractivity contribution < 1.29 is 35.9 Å². The Bertz CT molecular complexity index is 1520. The van der Waals surface area contributed by atoms with Gasteiger partial charge in [-0.3, -0.25) is 0 Å². The molecule has 0 aliphatic carbocycles. The van der Waals surface area contributed by atoms with Gasteiger partial charge in [0.25, 0.3) is 0 Å². The zero-order valence-corrected chi connectivity index (χ0v) is 59.3. The van der Waals surface area contributed by atoms with Gasteiger partial charge in [0.05, 0.1) is 52.4 Å². The fourth-order valence-corrected chi connectivity index (χ4v) is 20.2. The first-order valence-corrected chi connectivity index (χ1v) is 41.0. The molecule has 12 rings (SSSR count). The molecule has 12 saturated heterocycles. The number of quaternary nitrogens is 8. The van der Waals surface area contributed by atoms with Crippen LogP contribution in [0.1, 0.15) is 296 Å². The van der Waals surface area contributed by atoms with Gasteiger partial charge in [0.1, 0.15) is 157 Å². The summed E-state index contributed by atoms with van der Waals surface area (Å²) in [5.74, 6) is 0. The second-order valence-corrected chi connectivity index (χ2v) is 33.7. The molecule has 0 saturated carbocycles. The predicted octanol–water partition coefficient (Wildman–Crippen LogP) is 16.8. The fourth-order valence-electron chi connectivity index (χ4n) is 20.2. The highest BCUT2D eigenvalue weighted by molar-refractivity contribution is 4.69. The van der Waals surface area contributed by atoms with Gasteiger partial charge in [-0.1, -0.05) is 194 Å². The minimum Gasteiger partial charge on any atom is -0.310 e. The number of rotatable bonds is 55. The van der Waals surface area contributed by atoms with Crippen LogP contribution in [-0.2, 0) is 0 Å². The van der Waals surface area contributed by atoms with E-state index in [9.17, 15) is 0 Å². The molecule has 0 aromatic carbocycles. The zero-order chi connectivity index (χ0) is 59.7. The van der Waals surface area contributed by atoms with Crippen LogP contribution in [0.15, 0.2) is 0 Å². The first-order valence-electron chi connectivity index (χ1n) is 41.0. The molecule has 8 bridgehead atoms. The van der Waals surface area contributed by atoms with Crippen molar-refractivity contribution in [1.29, 1.82) is 0 Å². The number of nitrogens with zero attached hydrogens (tertiary/aromatic N) is 8. The lowest BCUT2D eigenvalue weighted by molar-refractivity contribution is -1.08. The summed E-state index contributed by atoms with van der Waals surface area (Å²) in [5.41, 5.74) is 0. The monoisotopic (exact) mass is 1210 g/mol. The zero-order valence-electron chi connectivity index (χ0n) is 59.3. The van der Waals surface area contributed by atoms with E-state index in [1.807, 2.05) is 0 Å². The van der Waals surface area contributed by atoms with Gasteiger partial charge in [0.15, 0.2) is 0 Å². The van der Waals surface area contributed by atoms with Crippen LogP contribution in [0.25, 0.3) is 0 Å². The van der Waals surface area contributed by atoms with E-state index in [-0.39, 0.29) is 0 Å². The molecule has 0 N–H and O–H groups in total. The quantitative estimate of drug-likeness (QED) is 0.0421. The third-order valence-electron chi connectivity index (χ3n) is 27.6. The van der Waals surface area contributed by atoms with Crippen molar-refractivity contribution in [2.75, 3.05) is 209 Å². The van der Waals surface area contributed by atoms with E-state index in [4.69, 9.17) is 0 Å². The van der Waals surface area contributed by atoms with Crippen LogP contribution in [-0.4, -0.2) is 245 Å². The van der Waals surface area contributed by atoms with Crippen molar-refractivity contribution >= 4 is 0 Å². The molecule has 12 fully saturated rings. The predicted molar refractivity (Wildman–Crippen MR) is 372 cm³/mol. The maximum absolute atomic E-state index is 2.32. The Balaban J connectivity index is 0.552. The highest BCUT2D eigenvalue weighted by Gasteiger charge is 2.52. The van der Waals surface area contributed by atoms with E-state index in [0.29, 0.717) is 0 Å². The Morgan fingerprint density at radius 1 is 0.116 bits per heavy atom. The number of hydrogen-bond donors (Lipinski definition) is 0. The molecule has 0 radical (unpaired) electrons. The summed E-state index contributed by atoms with van der Waals surface area (Å²) in [6.45, 7) is 52.6. The van der Waals surface area contributed by atoms with Crippen molar-refractivity contribution in [3.63, 3.8) is 0 Å². The van der Waals surface area contributed by atoms with Gasteiger partial charge < -0.3 is 35.9 Å². The molecule has 0 aromatic heterocycles. The maximum Gasteiger partial charge on any atom is 0.129 e. The minimum atomic E-state index is 1.37. The van der Waals surface area contributed by atoms with E-state index in [1.165, 1.54) is 528 Å². The summed E-state index contributed by atoms with van der Waals surface area (Å²) in [6, 6.07) is 0. The largest absolute Gasteiger partial charge is 0.310 e. The smallest absolute Gasteiger partial charge is 0.129 e. The van der Waals surface area contributed by atoms with Gasteiger partial charge in [-0.15, -0.1) is 0 Å². The van der Waals surface area contributed by atoms with Crippen molar-refractivity contribution in [3.05, 3.63) is 0 Å². The Hall–Kier alpha value is -0.320. The van der Waals surface area contributed by atoms with Crippen molar-refractivity contribution in [2.24, 2.45) is 0 Å². The van der Waals surface area contributed by atoms with Crippen molar-refractivity contribution in [1.82, 2.24) is 0 Å². The summed E-state index contributed by atoms with van der Waals surface area (Å²) < 4.78 is 12.0. The lowest BCUT2D eigenvalue weighted by Gasteiger charge is -2.56. The van der Waals surface area contributed by atoms with Gasteiger partial charge >= 0.3 is 0 Å².